The van der Waals surface area contributed by atoms with Gasteiger partial charge in [0.25, 0.3) is 0 Å². The van der Waals surface area contributed by atoms with Crippen LogP contribution >= 0.6 is 11.6 Å². The van der Waals surface area contributed by atoms with Crippen LogP contribution in [0.3, 0.4) is 0 Å². The molecular weight excluding hydrogens is 334 g/mol. The lowest BCUT2D eigenvalue weighted by atomic mass is 10.0. The molecule has 4 nitrogen and oxygen atoms in total. The molecule has 0 radical (unpaired) electrons. The summed E-state index contributed by atoms with van der Waals surface area (Å²) in [6.45, 7) is 1.95. The third-order valence-corrected chi connectivity index (χ3v) is 4.98. The maximum absolute atomic E-state index is 6.62. The normalized spacial score (nSPS) is 14.0. The van der Waals surface area contributed by atoms with E-state index in [1.807, 2.05) is 41.2 Å². The second-order valence-electron chi connectivity index (χ2n) is 6.14. The van der Waals surface area contributed by atoms with Crippen LogP contribution in [-0.4, -0.2) is 30.0 Å². The molecule has 0 fully saturated rings. The maximum Gasteiger partial charge on any atom is 0.119 e. The van der Waals surface area contributed by atoms with Gasteiger partial charge in [-0.05, 0) is 61.3 Å². The van der Waals surface area contributed by atoms with E-state index in [1.165, 1.54) is 11.1 Å². The Kier molecular flexibility index (Phi) is 4.47. The molecule has 128 valence electrons. The van der Waals surface area contributed by atoms with Crippen LogP contribution in [0, 0.1) is 0 Å². The van der Waals surface area contributed by atoms with Gasteiger partial charge in [-0.25, -0.2) is 4.68 Å². The predicted molar refractivity (Wildman–Crippen MR) is 101 cm³/mol. The lowest BCUT2D eigenvalue weighted by Crippen LogP contribution is -2.16. The Balaban J connectivity index is 1.88. The van der Waals surface area contributed by atoms with Crippen LogP contribution in [0.5, 0.6) is 5.75 Å². The summed E-state index contributed by atoms with van der Waals surface area (Å²) in [5.41, 5.74) is 5.68. The van der Waals surface area contributed by atoms with Crippen LogP contribution in [-0.2, 0) is 12.8 Å². The number of hydrogen-bond donors (Lipinski definition) is 1. The second-order valence-corrected chi connectivity index (χ2v) is 6.55. The van der Waals surface area contributed by atoms with Gasteiger partial charge < -0.3 is 10.1 Å². The van der Waals surface area contributed by atoms with Crippen molar-refractivity contribution in [2.45, 2.75) is 12.8 Å². The first-order valence-corrected chi connectivity index (χ1v) is 8.85. The van der Waals surface area contributed by atoms with Gasteiger partial charge in [0.05, 0.1) is 29.7 Å². The van der Waals surface area contributed by atoms with Crippen LogP contribution in [0.25, 0.3) is 16.9 Å². The van der Waals surface area contributed by atoms with Gasteiger partial charge in [0.1, 0.15) is 5.75 Å². The Morgan fingerprint density at radius 2 is 2.00 bits per heavy atom. The molecule has 1 aliphatic heterocycles. The van der Waals surface area contributed by atoms with E-state index in [0.717, 1.165) is 53.6 Å². The summed E-state index contributed by atoms with van der Waals surface area (Å²) in [6.07, 6.45) is 3.78. The lowest BCUT2D eigenvalue weighted by Gasteiger charge is -2.17. The first kappa shape index (κ1) is 16.2. The van der Waals surface area contributed by atoms with Gasteiger partial charge in [0.15, 0.2) is 0 Å². The summed E-state index contributed by atoms with van der Waals surface area (Å²) < 4.78 is 7.32. The summed E-state index contributed by atoms with van der Waals surface area (Å²) in [4.78, 5) is 0. The largest absolute Gasteiger partial charge is 0.497 e. The number of nitrogens with one attached hydrogen (secondary N) is 1. The zero-order valence-electron chi connectivity index (χ0n) is 14.1. The minimum atomic E-state index is 0.730. The van der Waals surface area contributed by atoms with Crippen LogP contribution in [0.4, 0.5) is 0 Å². The fraction of sp³-hybridized carbons (Fsp3) is 0.250. The molecule has 0 saturated carbocycles. The summed E-state index contributed by atoms with van der Waals surface area (Å²) in [5, 5.41) is 8.78. The molecule has 2 aromatic carbocycles. The SMILES string of the molecule is COc1cccc(-c2ccnn2-c2c(Cl)ccc3c2CCNCC3)c1. The number of benzene rings is 2. The van der Waals surface area contributed by atoms with Gasteiger partial charge in [0, 0.05) is 5.56 Å². The molecule has 0 atom stereocenters. The molecule has 3 aromatic rings. The van der Waals surface area contributed by atoms with Crippen molar-refractivity contribution in [2.24, 2.45) is 0 Å². The van der Waals surface area contributed by atoms with Crippen molar-refractivity contribution in [2.75, 3.05) is 20.2 Å². The molecule has 1 aromatic heterocycles. The minimum Gasteiger partial charge on any atom is -0.497 e. The summed E-state index contributed by atoms with van der Waals surface area (Å²) in [6, 6.07) is 14.2. The van der Waals surface area contributed by atoms with Crippen LogP contribution in [0.2, 0.25) is 5.02 Å². The van der Waals surface area contributed by atoms with Gasteiger partial charge in [-0.15, -0.1) is 0 Å². The highest BCUT2D eigenvalue weighted by Crippen LogP contribution is 2.33. The molecule has 0 unspecified atom stereocenters. The topological polar surface area (TPSA) is 39.1 Å². The highest BCUT2D eigenvalue weighted by atomic mass is 35.5. The molecule has 2 heterocycles. The first-order chi connectivity index (χ1) is 12.3. The summed E-state index contributed by atoms with van der Waals surface area (Å²) in [5.74, 6) is 0.826. The van der Waals surface area contributed by atoms with E-state index in [1.54, 1.807) is 7.11 Å². The number of hydrogen-bond acceptors (Lipinski definition) is 3. The summed E-state index contributed by atoms with van der Waals surface area (Å²) >= 11 is 6.62. The van der Waals surface area contributed by atoms with Crippen molar-refractivity contribution >= 4 is 11.6 Å². The van der Waals surface area contributed by atoms with E-state index < -0.39 is 0 Å². The fourth-order valence-electron chi connectivity index (χ4n) is 3.44. The van der Waals surface area contributed by atoms with E-state index in [-0.39, 0.29) is 0 Å². The maximum atomic E-state index is 6.62. The standard InChI is InChI=1S/C20H20ClN3O/c1-25-16-4-2-3-15(13-16)19-9-12-23-24(19)20-17-8-11-22-10-7-14(17)5-6-18(20)21/h2-6,9,12-13,22H,7-8,10-11H2,1H3. The number of rotatable bonds is 3. The van der Waals surface area contributed by atoms with Crippen molar-refractivity contribution in [3.63, 3.8) is 0 Å². The highest BCUT2D eigenvalue weighted by molar-refractivity contribution is 6.32. The number of halogens is 1. The Hall–Kier alpha value is -2.30. The van der Waals surface area contributed by atoms with E-state index >= 15 is 0 Å². The molecule has 1 N–H and O–H groups in total. The Morgan fingerprint density at radius 1 is 1.12 bits per heavy atom. The van der Waals surface area contributed by atoms with Crippen molar-refractivity contribution in [3.05, 3.63) is 64.8 Å². The second kappa shape index (κ2) is 6.90. The number of methoxy groups -OCH3 is 1. The third-order valence-electron chi connectivity index (χ3n) is 4.67. The smallest absolute Gasteiger partial charge is 0.119 e. The van der Waals surface area contributed by atoms with E-state index in [4.69, 9.17) is 16.3 Å². The molecule has 0 spiro atoms. The van der Waals surface area contributed by atoms with Gasteiger partial charge in [-0.3, -0.25) is 0 Å². The highest BCUT2D eigenvalue weighted by Gasteiger charge is 2.19. The van der Waals surface area contributed by atoms with Crippen molar-refractivity contribution in [1.82, 2.24) is 15.1 Å². The summed E-state index contributed by atoms with van der Waals surface area (Å²) in [7, 11) is 1.68. The van der Waals surface area contributed by atoms with Crippen LogP contribution in [0.15, 0.2) is 48.7 Å². The zero-order chi connectivity index (χ0) is 17.2. The van der Waals surface area contributed by atoms with Crippen LogP contribution < -0.4 is 10.1 Å². The molecular formula is C20H20ClN3O. The van der Waals surface area contributed by atoms with Crippen LogP contribution in [0.1, 0.15) is 11.1 Å². The molecule has 1 aliphatic rings. The lowest BCUT2D eigenvalue weighted by molar-refractivity contribution is 0.415. The molecule has 0 bridgehead atoms. The fourth-order valence-corrected chi connectivity index (χ4v) is 3.69. The average Bonchev–Trinajstić information content (AvgIpc) is 2.99. The average molecular weight is 354 g/mol. The molecule has 25 heavy (non-hydrogen) atoms. The third kappa shape index (κ3) is 3.03. The minimum absolute atomic E-state index is 0.730. The van der Waals surface area contributed by atoms with Gasteiger partial charge in [0.2, 0.25) is 0 Å². The molecule has 0 amide bonds. The number of aromatic nitrogens is 2. The predicted octanol–water partition coefficient (Wildman–Crippen LogP) is 3.89. The quantitative estimate of drug-likeness (QED) is 0.776. The van der Waals surface area contributed by atoms with Gasteiger partial charge in [-0.1, -0.05) is 29.8 Å². The van der Waals surface area contributed by atoms with Crippen molar-refractivity contribution in [1.29, 1.82) is 0 Å². The van der Waals surface area contributed by atoms with E-state index in [2.05, 4.69) is 22.5 Å². The monoisotopic (exact) mass is 353 g/mol. The molecule has 0 aliphatic carbocycles. The van der Waals surface area contributed by atoms with E-state index in [9.17, 15) is 0 Å². The number of fused-ring (bicyclic) bond motifs is 1. The Morgan fingerprint density at radius 3 is 2.88 bits per heavy atom. The Bertz CT molecular complexity index is 904. The number of ether oxygens (including phenoxy) is 1. The van der Waals surface area contributed by atoms with Crippen molar-refractivity contribution < 1.29 is 4.74 Å². The zero-order valence-corrected chi connectivity index (χ0v) is 14.9. The van der Waals surface area contributed by atoms with Gasteiger partial charge in [-0.2, -0.15) is 5.10 Å². The Labute approximate surface area is 152 Å². The molecule has 4 rings (SSSR count). The molecule has 5 heteroatoms. The first-order valence-electron chi connectivity index (χ1n) is 8.48. The molecule has 0 saturated heterocycles. The number of nitrogens with zero attached hydrogens (tertiary/aromatic N) is 2. The van der Waals surface area contributed by atoms with E-state index in [0.29, 0.717) is 0 Å². The van der Waals surface area contributed by atoms with Gasteiger partial charge >= 0.3 is 0 Å². The van der Waals surface area contributed by atoms with Crippen molar-refractivity contribution in [3.8, 4) is 22.7 Å².